The molecular weight excluding hydrogens is 366 g/mol. The van der Waals surface area contributed by atoms with Gasteiger partial charge in [-0.05, 0) is 25.0 Å². The SMILES string of the molecule is CCCCN1CCC=C(c2nc(N)sc2Cl)C1.O=C(O)/C=C\C(=O)O. The molecule has 0 aliphatic carbocycles. The van der Waals surface area contributed by atoms with Crippen LogP contribution in [-0.4, -0.2) is 51.7 Å². The molecule has 0 amide bonds. The number of rotatable bonds is 6. The van der Waals surface area contributed by atoms with Crippen LogP contribution >= 0.6 is 22.9 Å². The molecule has 9 heteroatoms. The average molecular weight is 388 g/mol. The van der Waals surface area contributed by atoms with Gasteiger partial charge in [-0.25, -0.2) is 14.6 Å². The van der Waals surface area contributed by atoms with E-state index >= 15 is 0 Å². The van der Waals surface area contributed by atoms with Gasteiger partial charge in [0.25, 0.3) is 0 Å². The van der Waals surface area contributed by atoms with Gasteiger partial charge in [-0.3, -0.25) is 4.90 Å². The van der Waals surface area contributed by atoms with Crippen molar-refractivity contribution in [1.29, 1.82) is 0 Å². The Balaban J connectivity index is 0.000000333. The van der Waals surface area contributed by atoms with Crippen LogP contribution in [-0.2, 0) is 9.59 Å². The Hall–Kier alpha value is -1.90. The van der Waals surface area contributed by atoms with Crippen LogP contribution in [0.2, 0.25) is 4.34 Å². The molecule has 0 saturated heterocycles. The molecule has 0 unspecified atom stereocenters. The van der Waals surface area contributed by atoms with Crippen molar-refractivity contribution in [1.82, 2.24) is 9.88 Å². The number of halogens is 1. The number of nitrogen functional groups attached to an aromatic ring is 1. The van der Waals surface area contributed by atoms with Crippen molar-refractivity contribution >= 4 is 45.6 Å². The minimum Gasteiger partial charge on any atom is -0.478 e. The number of carboxylic acid groups (broad SMARTS) is 2. The summed E-state index contributed by atoms with van der Waals surface area (Å²) in [4.78, 5) is 25.9. The van der Waals surface area contributed by atoms with Crippen LogP contribution in [0.5, 0.6) is 0 Å². The van der Waals surface area contributed by atoms with E-state index in [0.29, 0.717) is 21.6 Å². The number of nitrogens with zero attached hydrogens (tertiary/aromatic N) is 2. The molecule has 1 aromatic rings. The van der Waals surface area contributed by atoms with Crippen LogP contribution < -0.4 is 5.73 Å². The van der Waals surface area contributed by atoms with Gasteiger partial charge in [-0.2, -0.15) is 0 Å². The highest BCUT2D eigenvalue weighted by molar-refractivity contribution is 7.19. The number of hydrogen-bond donors (Lipinski definition) is 3. The van der Waals surface area contributed by atoms with E-state index in [4.69, 9.17) is 27.5 Å². The third-order valence-corrected chi connectivity index (χ3v) is 4.42. The number of thiazole rings is 1. The van der Waals surface area contributed by atoms with Crippen molar-refractivity contribution in [3.8, 4) is 0 Å². The van der Waals surface area contributed by atoms with E-state index in [1.54, 1.807) is 0 Å². The van der Waals surface area contributed by atoms with Crippen LogP contribution in [0.1, 0.15) is 31.9 Å². The Labute approximate surface area is 155 Å². The second-order valence-corrected chi connectivity index (χ2v) is 6.96. The number of hydrogen-bond acceptors (Lipinski definition) is 6. The van der Waals surface area contributed by atoms with Crippen LogP contribution in [0, 0.1) is 0 Å². The first-order valence-electron chi connectivity index (χ1n) is 7.81. The van der Waals surface area contributed by atoms with Gasteiger partial charge in [0.15, 0.2) is 5.13 Å². The third kappa shape index (κ3) is 8.15. The molecule has 0 bridgehead atoms. The maximum absolute atomic E-state index is 9.55. The molecule has 0 spiro atoms. The fourth-order valence-corrected chi connectivity index (χ4v) is 3.20. The summed E-state index contributed by atoms with van der Waals surface area (Å²) in [5.41, 5.74) is 7.79. The number of carbonyl (C=O) groups is 2. The first kappa shape index (κ1) is 21.1. The Morgan fingerprint density at radius 3 is 2.52 bits per heavy atom. The lowest BCUT2D eigenvalue weighted by molar-refractivity contribution is -0.134. The van der Waals surface area contributed by atoms with Gasteiger partial charge in [0, 0.05) is 25.2 Å². The summed E-state index contributed by atoms with van der Waals surface area (Å²) >= 11 is 7.50. The largest absolute Gasteiger partial charge is 0.478 e. The lowest BCUT2D eigenvalue weighted by atomic mass is 10.1. The van der Waals surface area contributed by atoms with Crippen molar-refractivity contribution in [2.45, 2.75) is 26.2 Å². The molecule has 25 heavy (non-hydrogen) atoms. The topological polar surface area (TPSA) is 117 Å². The van der Waals surface area contributed by atoms with E-state index < -0.39 is 11.9 Å². The normalized spacial score (nSPS) is 14.7. The molecule has 138 valence electrons. The summed E-state index contributed by atoms with van der Waals surface area (Å²) in [5.74, 6) is -2.51. The zero-order valence-corrected chi connectivity index (χ0v) is 15.5. The van der Waals surface area contributed by atoms with Gasteiger partial charge in [-0.1, -0.05) is 42.4 Å². The molecule has 4 N–H and O–H groups in total. The molecule has 7 nitrogen and oxygen atoms in total. The molecule has 0 radical (unpaired) electrons. The Morgan fingerprint density at radius 2 is 2.04 bits per heavy atom. The predicted octanol–water partition coefficient (Wildman–Crippen LogP) is 2.98. The molecule has 1 aliphatic heterocycles. The highest BCUT2D eigenvalue weighted by Crippen LogP contribution is 2.32. The quantitative estimate of drug-likeness (QED) is 0.642. The van der Waals surface area contributed by atoms with Gasteiger partial charge in [0.2, 0.25) is 0 Å². The first-order valence-corrected chi connectivity index (χ1v) is 9.00. The number of unbranched alkanes of at least 4 members (excludes halogenated alkanes) is 1. The van der Waals surface area contributed by atoms with Gasteiger partial charge >= 0.3 is 11.9 Å². The van der Waals surface area contributed by atoms with Crippen molar-refractivity contribution < 1.29 is 19.8 Å². The molecule has 0 fully saturated rings. The number of nitrogens with two attached hydrogens (primary N) is 1. The highest BCUT2D eigenvalue weighted by atomic mass is 35.5. The summed E-state index contributed by atoms with van der Waals surface area (Å²) < 4.78 is 0.714. The summed E-state index contributed by atoms with van der Waals surface area (Å²) in [5, 5.41) is 16.2. The minimum absolute atomic E-state index is 0.552. The fraction of sp³-hybridized carbons (Fsp3) is 0.438. The second kappa shape index (κ2) is 10.9. The number of anilines is 1. The van der Waals surface area contributed by atoms with E-state index in [0.717, 1.165) is 31.7 Å². The maximum Gasteiger partial charge on any atom is 0.328 e. The van der Waals surface area contributed by atoms with Crippen LogP contribution in [0.3, 0.4) is 0 Å². The number of aliphatic carboxylic acids is 2. The van der Waals surface area contributed by atoms with Crippen LogP contribution in [0.15, 0.2) is 18.2 Å². The van der Waals surface area contributed by atoms with Gasteiger partial charge < -0.3 is 15.9 Å². The fourth-order valence-electron chi connectivity index (χ4n) is 2.21. The molecular formula is C16H22ClN3O4S. The summed E-state index contributed by atoms with van der Waals surface area (Å²) in [6, 6.07) is 0. The molecule has 2 heterocycles. The molecule has 0 atom stereocenters. The molecule has 0 aromatic carbocycles. The van der Waals surface area contributed by atoms with E-state index in [9.17, 15) is 9.59 Å². The Kier molecular flexibility index (Phi) is 9.18. The smallest absolute Gasteiger partial charge is 0.328 e. The van der Waals surface area contributed by atoms with Crippen molar-refractivity contribution in [2.75, 3.05) is 25.4 Å². The predicted molar refractivity (Wildman–Crippen MR) is 99.9 cm³/mol. The van der Waals surface area contributed by atoms with Crippen molar-refractivity contribution in [3.63, 3.8) is 0 Å². The first-order chi connectivity index (χ1) is 11.8. The Bertz CT molecular complexity index is 642. The maximum atomic E-state index is 9.55. The third-order valence-electron chi connectivity index (χ3n) is 3.33. The zero-order valence-electron chi connectivity index (χ0n) is 13.9. The van der Waals surface area contributed by atoms with E-state index in [1.807, 2.05) is 0 Å². The number of carboxylic acids is 2. The Morgan fingerprint density at radius 1 is 1.40 bits per heavy atom. The highest BCUT2D eigenvalue weighted by Gasteiger charge is 2.18. The van der Waals surface area contributed by atoms with E-state index in [2.05, 4.69) is 22.9 Å². The second-order valence-electron chi connectivity index (χ2n) is 5.33. The average Bonchev–Trinajstić information content (AvgIpc) is 2.90. The lowest BCUT2D eigenvalue weighted by Crippen LogP contribution is -2.30. The van der Waals surface area contributed by atoms with Crippen molar-refractivity contribution in [3.05, 3.63) is 28.3 Å². The van der Waals surface area contributed by atoms with Gasteiger partial charge in [0.1, 0.15) is 4.34 Å². The summed E-state index contributed by atoms with van der Waals surface area (Å²) in [6.07, 6.45) is 6.92. The summed E-state index contributed by atoms with van der Waals surface area (Å²) in [6.45, 7) is 5.47. The van der Waals surface area contributed by atoms with E-state index in [-0.39, 0.29) is 0 Å². The van der Waals surface area contributed by atoms with Crippen LogP contribution in [0.25, 0.3) is 5.57 Å². The molecule has 2 rings (SSSR count). The van der Waals surface area contributed by atoms with Crippen molar-refractivity contribution in [2.24, 2.45) is 0 Å². The monoisotopic (exact) mass is 387 g/mol. The number of aromatic nitrogens is 1. The summed E-state index contributed by atoms with van der Waals surface area (Å²) in [7, 11) is 0. The lowest BCUT2D eigenvalue weighted by Gasteiger charge is -2.26. The van der Waals surface area contributed by atoms with Crippen LogP contribution in [0.4, 0.5) is 5.13 Å². The van der Waals surface area contributed by atoms with Gasteiger partial charge in [-0.15, -0.1) is 0 Å². The van der Waals surface area contributed by atoms with E-state index in [1.165, 1.54) is 29.8 Å². The molecule has 1 aromatic heterocycles. The van der Waals surface area contributed by atoms with Gasteiger partial charge in [0.05, 0.1) is 5.69 Å². The molecule has 0 saturated carbocycles. The zero-order chi connectivity index (χ0) is 18.8. The minimum atomic E-state index is -1.26. The standard InChI is InChI=1S/C12H18ClN3S.C4H4O4/c1-2-3-6-16-7-4-5-9(8-16)10-11(13)17-12(14)15-10;5-3(6)1-2-4(7)8/h5H,2-4,6-8H2,1H3,(H2,14,15);1-2H,(H,5,6)(H,7,8)/b;2-1-. The molecule has 1 aliphatic rings.